The second-order valence-electron chi connectivity index (χ2n) is 6.33. The summed E-state index contributed by atoms with van der Waals surface area (Å²) in [5, 5.41) is 3.38. The van der Waals surface area contributed by atoms with Crippen LogP contribution >= 0.6 is 0 Å². The monoisotopic (exact) mass is 267 g/mol. The van der Waals surface area contributed by atoms with Crippen LogP contribution in [-0.4, -0.2) is 6.54 Å². The lowest BCUT2D eigenvalue weighted by molar-refractivity contribution is 0.392. The SMILES string of the molecule is CCCNC(c1ccc(C)c(F)c1F)C1CC1(C)C. The Kier molecular flexibility index (Phi) is 3.95. The van der Waals surface area contributed by atoms with Gasteiger partial charge in [0.15, 0.2) is 11.6 Å². The molecule has 106 valence electrons. The molecule has 0 heterocycles. The molecule has 3 heteroatoms. The summed E-state index contributed by atoms with van der Waals surface area (Å²) in [5.41, 5.74) is 1.07. The van der Waals surface area contributed by atoms with Crippen LogP contribution in [0.2, 0.25) is 0 Å². The van der Waals surface area contributed by atoms with Crippen LogP contribution < -0.4 is 5.32 Å². The molecule has 1 aliphatic rings. The van der Waals surface area contributed by atoms with Crippen LogP contribution in [0.1, 0.15) is 50.8 Å². The lowest BCUT2D eigenvalue weighted by Gasteiger charge is -2.22. The molecule has 2 atom stereocenters. The Morgan fingerprint density at radius 1 is 1.32 bits per heavy atom. The third kappa shape index (κ3) is 2.81. The van der Waals surface area contributed by atoms with Gasteiger partial charge in [0, 0.05) is 11.6 Å². The summed E-state index contributed by atoms with van der Waals surface area (Å²) >= 11 is 0. The van der Waals surface area contributed by atoms with Gasteiger partial charge in [-0.25, -0.2) is 8.78 Å². The minimum Gasteiger partial charge on any atom is -0.310 e. The first-order valence-corrected chi connectivity index (χ1v) is 7.06. The van der Waals surface area contributed by atoms with E-state index >= 15 is 0 Å². The normalized spacial score (nSPS) is 22.3. The first-order valence-electron chi connectivity index (χ1n) is 7.06. The van der Waals surface area contributed by atoms with Crippen molar-refractivity contribution in [3.8, 4) is 0 Å². The average molecular weight is 267 g/mol. The van der Waals surface area contributed by atoms with E-state index in [2.05, 4.69) is 26.1 Å². The first kappa shape index (κ1) is 14.4. The molecule has 0 aromatic heterocycles. The molecule has 19 heavy (non-hydrogen) atoms. The molecular formula is C16H23F2N. The van der Waals surface area contributed by atoms with Gasteiger partial charge in [0.2, 0.25) is 0 Å². The maximum atomic E-state index is 14.2. The summed E-state index contributed by atoms with van der Waals surface area (Å²) in [6.45, 7) is 8.86. The van der Waals surface area contributed by atoms with E-state index in [9.17, 15) is 8.78 Å². The zero-order valence-corrected chi connectivity index (χ0v) is 12.2. The smallest absolute Gasteiger partial charge is 0.163 e. The second kappa shape index (κ2) is 5.20. The maximum absolute atomic E-state index is 14.2. The largest absolute Gasteiger partial charge is 0.310 e. The van der Waals surface area contributed by atoms with Crippen LogP contribution in [-0.2, 0) is 0 Å². The highest BCUT2D eigenvalue weighted by Crippen LogP contribution is 2.58. The summed E-state index contributed by atoms with van der Waals surface area (Å²) < 4.78 is 27.9. The van der Waals surface area contributed by atoms with Crippen molar-refractivity contribution in [3.63, 3.8) is 0 Å². The Hall–Kier alpha value is -0.960. The highest BCUT2D eigenvalue weighted by molar-refractivity contribution is 5.30. The Morgan fingerprint density at radius 2 is 1.95 bits per heavy atom. The fourth-order valence-electron chi connectivity index (χ4n) is 2.75. The van der Waals surface area contributed by atoms with Crippen molar-refractivity contribution >= 4 is 0 Å². The highest BCUT2D eigenvalue weighted by atomic mass is 19.2. The van der Waals surface area contributed by atoms with Crippen molar-refractivity contribution in [2.24, 2.45) is 11.3 Å². The van der Waals surface area contributed by atoms with E-state index in [-0.39, 0.29) is 11.5 Å². The molecule has 0 saturated heterocycles. The van der Waals surface area contributed by atoms with Gasteiger partial charge < -0.3 is 5.32 Å². The van der Waals surface area contributed by atoms with E-state index in [1.807, 2.05) is 0 Å². The Balaban J connectivity index is 2.31. The van der Waals surface area contributed by atoms with Gasteiger partial charge in [0.25, 0.3) is 0 Å². The van der Waals surface area contributed by atoms with Crippen molar-refractivity contribution in [2.75, 3.05) is 6.54 Å². The van der Waals surface area contributed by atoms with Gasteiger partial charge in [-0.15, -0.1) is 0 Å². The fraction of sp³-hybridized carbons (Fsp3) is 0.625. The molecular weight excluding hydrogens is 244 g/mol. The van der Waals surface area contributed by atoms with Gasteiger partial charge in [-0.2, -0.15) is 0 Å². The molecule has 1 aliphatic carbocycles. The molecule has 2 rings (SSSR count). The second-order valence-corrected chi connectivity index (χ2v) is 6.33. The highest BCUT2D eigenvalue weighted by Gasteiger charge is 2.50. The van der Waals surface area contributed by atoms with Crippen molar-refractivity contribution in [1.29, 1.82) is 0 Å². The summed E-state index contributed by atoms with van der Waals surface area (Å²) in [6, 6.07) is 3.32. The van der Waals surface area contributed by atoms with Crippen LogP contribution in [0.4, 0.5) is 8.78 Å². The number of rotatable bonds is 5. The summed E-state index contributed by atoms with van der Waals surface area (Å²) in [4.78, 5) is 0. The number of benzene rings is 1. The molecule has 0 bridgehead atoms. The quantitative estimate of drug-likeness (QED) is 0.835. The summed E-state index contributed by atoms with van der Waals surface area (Å²) in [5.74, 6) is -1.01. The van der Waals surface area contributed by atoms with Gasteiger partial charge in [-0.3, -0.25) is 0 Å². The predicted molar refractivity (Wildman–Crippen MR) is 74.0 cm³/mol. The number of hydrogen-bond acceptors (Lipinski definition) is 1. The van der Waals surface area contributed by atoms with E-state index < -0.39 is 11.6 Å². The third-order valence-corrected chi connectivity index (χ3v) is 4.25. The van der Waals surface area contributed by atoms with Gasteiger partial charge in [-0.05, 0) is 43.2 Å². The van der Waals surface area contributed by atoms with E-state index in [1.54, 1.807) is 19.1 Å². The lowest BCUT2D eigenvalue weighted by atomic mass is 9.95. The van der Waals surface area contributed by atoms with Gasteiger partial charge in [0.05, 0.1) is 0 Å². The molecule has 0 spiro atoms. The van der Waals surface area contributed by atoms with E-state index in [0.717, 1.165) is 19.4 Å². The molecule has 1 aromatic carbocycles. The zero-order valence-electron chi connectivity index (χ0n) is 12.2. The summed E-state index contributed by atoms with van der Waals surface area (Å²) in [7, 11) is 0. The average Bonchev–Trinajstić information content (AvgIpc) is 2.98. The molecule has 1 aromatic rings. The standard InChI is InChI=1S/C16H23F2N/c1-5-8-19-15(12-9-16(12,3)4)11-7-6-10(2)13(17)14(11)18/h6-7,12,15,19H,5,8-9H2,1-4H3. The topological polar surface area (TPSA) is 12.0 Å². The van der Waals surface area contributed by atoms with Gasteiger partial charge in [0.1, 0.15) is 0 Å². The van der Waals surface area contributed by atoms with Gasteiger partial charge in [-0.1, -0.05) is 32.9 Å². The van der Waals surface area contributed by atoms with Crippen molar-refractivity contribution in [1.82, 2.24) is 5.32 Å². The van der Waals surface area contributed by atoms with Crippen molar-refractivity contribution in [3.05, 3.63) is 34.9 Å². The van der Waals surface area contributed by atoms with Crippen LogP contribution in [0.5, 0.6) is 0 Å². The van der Waals surface area contributed by atoms with Crippen molar-refractivity contribution in [2.45, 2.75) is 46.6 Å². The predicted octanol–water partition coefficient (Wildman–Crippen LogP) is 4.36. The van der Waals surface area contributed by atoms with Crippen LogP contribution in [0.3, 0.4) is 0 Å². The third-order valence-electron chi connectivity index (χ3n) is 4.25. The minimum absolute atomic E-state index is 0.0787. The van der Waals surface area contributed by atoms with Crippen LogP contribution in [0.15, 0.2) is 12.1 Å². The first-order chi connectivity index (χ1) is 8.88. The Labute approximate surface area is 114 Å². The van der Waals surface area contributed by atoms with Crippen LogP contribution in [0.25, 0.3) is 0 Å². The molecule has 1 N–H and O–H groups in total. The number of hydrogen-bond donors (Lipinski definition) is 1. The molecule has 0 aliphatic heterocycles. The van der Waals surface area contributed by atoms with E-state index in [1.165, 1.54) is 0 Å². The summed E-state index contributed by atoms with van der Waals surface area (Å²) in [6.07, 6.45) is 2.04. The van der Waals surface area contributed by atoms with Gasteiger partial charge >= 0.3 is 0 Å². The molecule has 0 radical (unpaired) electrons. The lowest BCUT2D eigenvalue weighted by Crippen LogP contribution is -2.26. The zero-order chi connectivity index (χ0) is 14.2. The Bertz CT molecular complexity index is 468. The Morgan fingerprint density at radius 3 is 2.47 bits per heavy atom. The molecule has 1 nitrogen and oxygen atoms in total. The molecule has 1 saturated carbocycles. The number of nitrogens with one attached hydrogen (secondary N) is 1. The molecule has 2 unspecified atom stereocenters. The van der Waals surface area contributed by atoms with Crippen molar-refractivity contribution < 1.29 is 8.78 Å². The molecule has 0 amide bonds. The van der Waals surface area contributed by atoms with E-state index in [4.69, 9.17) is 0 Å². The molecule has 1 fully saturated rings. The van der Waals surface area contributed by atoms with E-state index in [0.29, 0.717) is 17.0 Å². The minimum atomic E-state index is -0.709. The number of halogens is 2. The van der Waals surface area contributed by atoms with Crippen LogP contribution in [0, 0.1) is 29.9 Å². The number of aryl methyl sites for hydroxylation is 1. The maximum Gasteiger partial charge on any atom is 0.163 e. The fourth-order valence-corrected chi connectivity index (χ4v) is 2.75.